The Bertz CT molecular complexity index is 608. The van der Waals surface area contributed by atoms with E-state index < -0.39 is 0 Å². The molecule has 88 valence electrons. The summed E-state index contributed by atoms with van der Waals surface area (Å²) in [5.41, 5.74) is 1.61. The van der Waals surface area contributed by atoms with Gasteiger partial charge in [-0.05, 0) is 25.1 Å². The summed E-state index contributed by atoms with van der Waals surface area (Å²) in [5.74, 6) is 0. The molecular weight excluding hydrogens is 261 g/mol. The van der Waals surface area contributed by atoms with Crippen LogP contribution in [0.3, 0.4) is 0 Å². The number of nitrogens with zero attached hydrogens (tertiary/aromatic N) is 1. The Balaban J connectivity index is 2.35. The van der Waals surface area contributed by atoms with E-state index in [1.165, 1.54) is 6.21 Å². The van der Waals surface area contributed by atoms with E-state index in [9.17, 15) is 4.79 Å². The van der Waals surface area contributed by atoms with Gasteiger partial charge in [-0.15, -0.1) is 0 Å². The van der Waals surface area contributed by atoms with Gasteiger partial charge in [0.1, 0.15) is 0 Å². The van der Waals surface area contributed by atoms with Gasteiger partial charge in [-0.2, -0.15) is 0 Å². The molecule has 0 unspecified atom stereocenters. The van der Waals surface area contributed by atoms with Gasteiger partial charge < -0.3 is 5.10 Å². The van der Waals surface area contributed by atoms with Crippen LogP contribution in [0.1, 0.15) is 11.3 Å². The minimum atomic E-state index is -0.209. The third-order valence-corrected chi connectivity index (χ3v) is 2.64. The normalized spacial score (nSPS) is 11.2. The number of benzene rings is 1. The lowest BCUT2D eigenvalue weighted by Crippen LogP contribution is -2.04. The minimum Gasteiger partial charge on any atom is -0.302 e. The highest BCUT2D eigenvalue weighted by atomic mass is 35.5. The summed E-state index contributed by atoms with van der Waals surface area (Å²) in [7, 11) is 0. The SMILES string of the molecule is Cc1[nH][nH]c(=O)c1C=Nc1cc(Cl)cc(Cl)c1. The van der Waals surface area contributed by atoms with Crippen molar-refractivity contribution >= 4 is 35.1 Å². The number of rotatable bonds is 2. The second kappa shape index (κ2) is 4.77. The molecule has 0 radical (unpaired) electrons. The number of halogens is 2. The molecule has 1 heterocycles. The number of H-pyrrole nitrogens is 2. The Morgan fingerprint density at radius 2 is 1.82 bits per heavy atom. The molecule has 2 aromatic rings. The molecule has 0 amide bonds. The van der Waals surface area contributed by atoms with Crippen LogP contribution in [0.4, 0.5) is 5.69 Å². The molecule has 0 aliphatic carbocycles. The van der Waals surface area contributed by atoms with Gasteiger partial charge in [0.05, 0.1) is 11.3 Å². The van der Waals surface area contributed by atoms with E-state index in [0.717, 1.165) is 5.69 Å². The summed E-state index contributed by atoms with van der Waals surface area (Å²) in [6.45, 7) is 1.78. The summed E-state index contributed by atoms with van der Waals surface area (Å²) in [4.78, 5) is 15.5. The number of aromatic amines is 2. The number of hydrogen-bond acceptors (Lipinski definition) is 2. The summed E-state index contributed by atoms with van der Waals surface area (Å²) < 4.78 is 0. The molecule has 0 bridgehead atoms. The van der Waals surface area contributed by atoms with Crippen LogP contribution in [0.2, 0.25) is 10.0 Å². The van der Waals surface area contributed by atoms with Gasteiger partial charge in [-0.3, -0.25) is 14.9 Å². The number of aliphatic imine (C=N–C) groups is 1. The van der Waals surface area contributed by atoms with Crippen LogP contribution < -0.4 is 5.56 Å². The molecule has 0 saturated carbocycles. The van der Waals surface area contributed by atoms with Gasteiger partial charge in [0.25, 0.3) is 5.56 Å². The largest absolute Gasteiger partial charge is 0.302 e. The minimum absolute atomic E-state index is 0.209. The molecule has 0 fully saturated rings. The molecule has 0 spiro atoms. The maximum Gasteiger partial charge on any atom is 0.272 e. The first-order chi connectivity index (χ1) is 8.06. The fourth-order valence-electron chi connectivity index (χ4n) is 1.36. The molecule has 17 heavy (non-hydrogen) atoms. The molecule has 4 nitrogen and oxygen atoms in total. The Hall–Kier alpha value is -1.52. The van der Waals surface area contributed by atoms with Gasteiger partial charge in [0.15, 0.2) is 0 Å². The zero-order chi connectivity index (χ0) is 12.4. The van der Waals surface area contributed by atoms with Crippen LogP contribution in [0.5, 0.6) is 0 Å². The van der Waals surface area contributed by atoms with Crippen molar-refractivity contribution in [3.05, 3.63) is 49.9 Å². The lowest BCUT2D eigenvalue weighted by atomic mass is 10.3. The first-order valence-electron chi connectivity index (χ1n) is 4.83. The number of nitrogens with one attached hydrogen (secondary N) is 2. The van der Waals surface area contributed by atoms with Crippen molar-refractivity contribution in [1.82, 2.24) is 10.2 Å². The van der Waals surface area contributed by atoms with Crippen LogP contribution in [-0.2, 0) is 0 Å². The van der Waals surface area contributed by atoms with Crippen molar-refractivity contribution in [3.8, 4) is 0 Å². The summed E-state index contributed by atoms with van der Waals surface area (Å²) >= 11 is 11.7. The van der Waals surface area contributed by atoms with Crippen molar-refractivity contribution < 1.29 is 0 Å². The zero-order valence-electron chi connectivity index (χ0n) is 8.92. The summed E-state index contributed by atoms with van der Waals surface area (Å²) in [6, 6.07) is 4.96. The third kappa shape index (κ3) is 2.78. The van der Waals surface area contributed by atoms with Crippen molar-refractivity contribution in [2.45, 2.75) is 6.92 Å². The van der Waals surface area contributed by atoms with E-state index in [4.69, 9.17) is 23.2 Å². The van der Waals surface area contributed by atoms with E-state index >= 15 is 0 Å². The average Bonchev–Trinajstić information content (AvgIpc) is 2.55. The van der Waals surface area contributed by atoms with Crippen molar-refractivity contribution in [2.24, 2.45) is 4.99 Å². The first kappa shape index (κ1) is 12.0. The van der Waals surface area contributed by atoms with Gasteiger partial charge in [0.2, 0.25) is 0 Å². The average molecular weight is 270 g/mol. The van der Waals surface area contributed by atoms with Crippen molar-refractivity contribution in [2.75, 3.05) is 0 Å². The van der Waals surface area contributed by atoms with Gasteiger partial charge in [-0.1, -0.05) is 23.2 Å². The van der Waals surface area contributed by atoms with E-state index in [-0.39, 0.29) is 5.56 Å². The molecule has 0 atom stereocenters. The highest BCUT2D eigenvalue weighted by molar-refractivity contribution is 6.35. The van der Waals surface area contributed by atoms with Crippen LogP contribution in [0.15, 0.2) is 28.0 Å². The van der Waals surface area contributed by atoms with Crippen LogP contribution >= 0.6 is 23.2 Å². The first-order valence-corrected chi connectivity index (χ1v) is 5.59. The molecule has 0 saturated heterocycles. The van der Waals surface area contributed by atoms with E-state index in [1.807, 2.05) is 0 Å². The smallest absolute Gasteiger partial charge is 0.272 e. The standard InChI is InChI=1S/C11H9Cl2N3O/c1-6-10(11(17)16-15-6)5-14-9-3-7(12)2-8(13)4-9/h2-5H,1H3,(H2,15,16,17). The molecule has 0 aliphatic heterocycles. The van der Waals surface area contributed by atoms with E-state index in [0.29, 0.717) is 21.3 Å². The highest BCUT2D eigenvalue weighted by Gasteiger charge is 2.02. The predicted octanol–water partition coefficient (Wildman–Crippen LogP) is 3.07. The third-order valence-electron chi connectivity index (χ3n) is 2.20. The number of aromatic nitrogens is 2. The monoisotopic (exact) mass is 269 g/mol. The fraction of sp³-hybridized carbons (Fsp3) is 0.0909. The van der Waals surface area contributed by atoms with Gasteiger partial charge in [-0.25, -0.2) is 0 Å². The van der Waals surface area contributed by atoms with E-state index in [2.05, 4.69) is 15.2 Å². The number of hydrogen-bond donors (Lipinski definition) is 2. The van der Waals surface area contributed by atoms with Crippen LogP contribution in [-0.4, -0.2) is 16.4 Å². The van der Waals surface area contributed by atoms with E-state index in [1.54, 1.807) is 25.1 Å². The maximum atomic E-state index is 11.4. The topological polar surface area (TPSA) is 61.0 Å². The van der Waals surface area contributed by atoms with Crippen molar-refractivity contribution in [3.63, 3.8) is 0 Å². The lowest BCUT2D eigenvalue weighted by Gasteiger charge is -1.96. The molecule has 0 aliphatic rings. The Kier molecular flexibility index (Phi) is 3.36. The van der Waals surface area contributed by atoms with Gasteiger partial charge in [0, 0.05) is 22.0 Å². The van der Waals surface area contributed by atoms with Crippen LogP contribution in [0, 0.1) is 6.92 Å². The molecule has 1 aromatic carbocycles. The van der Waals surface area contributed by atoms with Crippen molar-refractivity contribution in [1.29, 1.82) is 0 Å². The maximum absolute atomic E-state index is 11.4. The van der Waals surface area contributed by atoms with Crippen LogP contribution in [0.25, 0.3) is 0 Å². The second-order valence-corrected chi connectivity index (χ2v) is 4.38. The second-order valence-electron chi connectivity index (χ2n) is 3.50. The Morgan fingerprint density at radius 1 is 1.18 bits per heavy atom. The molecule has 2 rings (SSSR count). The quantitative estimate of drug-likeness (QED) is 0.809. The Morgan fingerprint density at radius 3 is 2.35 bits per heavy atom. The Labute approximate surface area is 107 Å². The predicted molar refractivity (Wildman–Crippen MR) is 69.9 cm³/mol. The fourth-order valence-corrected chi connectivity index (χ4v) is 1.88. The summed E-state index contributed by atoms with van der Waals surface area (Å²) in [6.07, 6.45) is 1.48. The molecule has 1 aromatic heterocycles. The van der Waals surface area contributed by atoms with Gasteiger partial charge >= 0.3 is 0 Å². The molecule has 6 heteroatoms. The molecule has 2 N–H and O–H groups in total. The highest BCUT2D eigenvalue weighted by Crippen LogP contribution is 2.24. The zero-order valence-corrected chi connectivity index (χ0v) is 10.4. The summed E-state index contributed by atoms with van der Waals surface area (Å²) in [5, 5.41) is 6.20. The molecular formula is C11H9Cl2N3O. The lowest BCUT2D eigenvalue weighted by molar-refractivity contribution is 1.02. The number of aryl methyl sites for hydroxylation is 1.